The second-order valence-electron chi connectivity index (χ2n) is 6.45. The zero-order valence-corrected chi connectivity index (χ0v) is 18.0. The number of carbonyl (C=O) groups is 1. The van der Waals surface area contributed by atoms with E-state index in [9.17, 15) is 13.2 Å². The van der Waals surface area contributed by atoms with Crippen LogP contribution in [0.3, 0.4) is 0 Å². The van der Waals surface area contributed by atoms with E-state index in [0.717, 1.165) is 9.87 Å². The first-order valence-corrected chi connectivity index (χ1v) is 10.6. The maximum atomic E-state index is 12.6. The van der Waals surface area contributed by atoms with Gasteiger partial charge < -0.3 is 0 Å². The van der Waals surface area contributed by atoms with Gasteiger partial charge in [-0.1, -0.05) is 61.3 Å². The standard InChI is InChI=1S/C19H21Cl2N3O3S/c1-13(2)15-6-4-14(5-7-15)11-22-23-19(25)12-24(3)28(26,27)18-10-16(20)8-9-17(18)21/h4-11,13H,12H2,1-3H3,(H,23,25)/b22-11-. The molecule has 2 rings (SSSR count). The number of likely N-dealkylation sites (N-methyl/N-ethyl adjacent to an activating group) is 1. The summed E-state index contributed by atoms with van der Waals surface area (Å²) in [6, 6.07) is 11.9. The van der Waals surface area contributed by atoms with Crippen LogP contribution in [0.4, 0.5) is 0 Å². The number of nitrogens with zero attached hydrogens (tertiary/aromatic N) is 2. The molecule has 0 aliphatic heterocycles. The van der Waals surface area contributed by atoms with Crippen molar-refractivity contribution in [2.45, 2.75) is 24.7 Å². The van der Waals surface area contributed by atoms with Crippen LogP contribution in [0.2, 0.25) is 10.0 Å². The van der Waals surface area contributed by atoms with Crippen molar-refractivity contribution in [3.8, 4) is 0 Å². The molecule has 0 aromatic heterocycles. The fourth-order valence-electron chi connectivity index (χ4n) is 2.31. The Morgan fingerprint density at radius 2 is 1.82 bits per heavy atom. The lowest BCUT2D eigenvalue weighted by atomic mass is 10.0. The summed E-state index contributed by atoms with van der Waals surface area (Å²) in [4.78, 5) is 11.9. The minimum absolute atomic E-state index is 0.0273. The van der Waals surface area contributed by atoms with Crippen LogP contribution in [-0.4, -0.2) is 38.4 Å². The van der Waals surface area contributed by atoms with Crippen molar-refractivity contribution in [3.05, 3.63) is 63.6 Å². The second-order valence-corrected chi connectivity index (χ2v) is 9.31. The number of halogens is 2. The van der Waals surface area contributed by atoms with E-state index >= 15 is 0 Å². The van der Waals surface area contributed by atoms with Crippen LogP contribution in [0.1, 0.15) is 30.9 Å². The number of rotatable bonds is 7. The number of nitrogens with one attached hydrogen (secondary N) is 1. The predicted molar refractivity (Wildman–Crippen MR) is 113 cm³/mol. The molecule has 6 nitrogen and oxygen atoms in total. The van der Waals surface area contributed by atoms with Crippen LogP contribution in [0.5, 0.6) is 0 Å². The molecule has 0 aliphatic rings. The van der Waals surface area contributed by atoms with Gasteiger partial charge in [0.1, 0.15) is 4.90 Å². The quantitative estimate of drug-likeness (QED) is 0.522. The predicted octanol–water partition coefficient (Wildman–Crippen LogP) is 3.89. The van der Waals surface area contributed by atoms with Gasteiger partial charge in [-0.25, -0.2) is 13.8 Å². The highest BCUT2D eigenvalue weighted by atomic mass is 35.5. The summed E-state index contributed by atoms with van der Waals surface area (Å²) in [7, 11) is -2.69. The molecule has 28 heavy (non-hydrogen) atoms. The SMILES string of the molecule is CC(C)c1ccc(/C=N\NC(=O)CN(C)S(=O)(=O)c2cc(Cl)ccc2Cl)cc1. The lowest BCUT2D eigenvalue weighted by molar-refractivity contribution is -0.121. The highest BCUT2D eigenvalue weighted by Gasteiger charge is 2.25. The topological polar surface area (TPSA) is 78.8 Å². The molecule has 2 aromatic carbocycles. The first kappa shape index (κ1) is 22.4. The summed E-state index contributed by atoms with van der Waals surface area (Å²) in [5.74, 6) is -0.157. The minimum Gasteiger partial charge on any atom is -0.272 e. The zero-order valence-electron chi connectivity index (χ0n) is 15.7. The Balaban J connectivity index is 1.99. The first-order chi connectivity index (χ1) is 13.1. The number of hydrogen-bond donors (Lipinski definition) is 1. The van der Waals surface area contributed by atoms with Crippen molar-refractivity contribution in [3.63, 3.8) is 0 Å². The van der Waals surface area contributed by atoms with Gasteiger partial charge in [-0.05, 0) is 35.2 Å². The first-order valence-electron chi connectivity index (χ1n) is 8.44. The van der Waals surface area contributed by atoms with Crippen LogP contribution in [0, 0.1) is 0 Å². The van der Waals surface area contributed by atoms with E-state index in [2.05, 4.69) is 24.4 Å². The molecule has 0 bridgehead atoms. The molecule has 0 aliphatic carbocycles. The molecule has 0 saturated carbocycles. The number of sulfonamides is 1. The number of benzene rings is 2. The van der Waals surface area contributed by atoms with E-state index in [1.54, 1.807) is 0 Å². The Kier molecular flexibility index (Phi) is 7.60. The Morgan fingerprint density at radius 1 is 1.18 bits per heavy atom. The molecule has 0 fully saturated rings. The molecule has 0 atom stereocenters. The van der Waals surface area contributed by atoms with Crippen molar-refractivity contribution in [2.24, 2.45) is 5.10 Å². The van der Waals surface area contributed by atoms with Gasteiger partial charge in [-0.2, -0.15) is 9.41 Å². The Bertz CT molecular complexity index is 974. The van der Waals surface area contributed by atoms with Crippen molar-refractivity contribution >= 4 is 45.3 Å². The highest BCUT2D eigenvalue weighted by molar-refractivity contribution is 7.89. The fraction of sp³-hybridized carbons (Fsp3) is 0.263. The number of carbonyl (C=O) groups excluding carboxylic acids is 1. The molecule has 150 valence electrons. The van der Waals surface area contributed by atoms with Crippen molar-refractivity contribution in [2.75, 3.05) is 13.6 Å². The Morgan fingerprint density at radius 3 is 2.43 bits per heavy atom. The zero-order chi connectivity index (χ0) is 20.9. The van der Waals surface area contributed by atoms with Crippen molar-refractivity contribution in [1.82, 2.24) is 9.73 Å². The molecule has 0 unspecified atom stereocenters. The number of hydrogen-bond acceptors (Lipinski definition) is 4. The monoisotopic (exact) mass is 441 g/mol. The molecule has 9 heteroatoms. The van der Waals surface area contributed by atoms with Gasteiger partial charge in [0, 0.05) is 12.1 Å². The van der Waals surface area contributed by atoms with Crippen LogP contribution in [-0.2, 0) is 14.8 Å². The largest absolute Gasteiger partial charge is 0.272 e. The summed E-state index contributed by atoms with van der Waals surface area (Å²) >= 11 is 11.8. The Labute approximate surface area is 175 Å². The molecular weight excluding hydrogens is 421 g/mol. The van der Waals surface area contributed by atoms with E-state index < -0.39 is 22.5 Å². The minimum atomic E-state index is -3.97. The van der Waals surface area contributed by atoms with E-state index in [1.165, 1.54) is 37.0 Å². The van der Waals surface area contributed by atoms with E-state index in [1.807, 2.05) is 24.3 Å². The van der Waals surface area contributed by atoms with Gasteiger partial charge in [0.15, 0.2) is 0 Å². The van der Waals surface area contributed by atoms with E-state index in [4.69, 9.17) is 23.2 Å². The van der Waals surface area contributed by atoms with Crippen LogP contribution in [0.15, 0.2) is 52.5 Å². The average Bonchev–Trinajstić information content (AvgIpc) is 2.64. The maximum Gasteiger partial charge on any atom is 0.255 e. The third-order valence-electron chi connectivity index (χ3n) is 3.95. The van der Waals surface area contributed by atoms with Crippen molar-refractivity contribution < 1.29 is 13.2 Å². The normalized spacial score (nSPS) is 12.1. The third kappa shape index (κ3) is 5.78. The van der Waals surface area contributed by atoms with Crippen LogP contribution < -0.4 is 5.43 Å². The van der Waals surface area contributed by atoms with Gasteiger partial charge >= 0.3 is 0 Å². The molecule has 1 amide bonds. The second kappa shape index (κ2) is 9.52. The Hall–Kier alpha value is -1.93. The van der Waals surface area contributed by atoms with Gasteiger partial charge in [0.25, 0.3) is 5.91 Å². The summed E-state index contributed by atoms with van der Waals surface area (Å²) in [6.07, 6.45) is 1.49. The lowest BCUT2D eigenvalue weighted by Gasteiger charge is -2.17. The summed E-state index contributed by atoms with van der Waals surface area (Å²) in [5, 5.41) is 4.12. The van der Waals surface area contributed by atoms with Gasteiger partial charge in [0.05, 0.1) is 17.8 Å². The number of amides is 1. The molecule has 0 saturated heterocycles. The van der Waals surface area contributed by atoms with Gasteiger partial charge in [-0.15, -0.1) is 0 Å². The average molecular weight is 442 g/mol. The lowest BCUT2D eigenvalue weighted by Crippen LogP contribution is -2.36. The van der Waals surface area contributed by atoms with Crippen molar-refractivity contribution in [1.29, 1.82) is 0 Å². The smallest absolute Gasteiger partial charge is 0.255 e. The molecular formula is C19H21Cl2N3O3S. The van der Waals surface area contributed by atoms with Gasteiger partial charge in [-0.3, -0.25) is 4.79 Å². The summed E-state index contributed by atoms with van der Waals surface area (Å²) < 4.78 is 26.1. The number of hydrazone groups is 1. The third-order valence-corrected chi connectivity index (χ3v) is 6.47. The van der Waals surface area contributed by atoms with Crippen LogP contribution >= 0.6 is 23.2 Å². The molecule has 0 heterocycles. The molecule has 0 radical (unpaired) electrons. The summed E-state index contributed by atoms with van der Waals surface area (Å²) in [5.41, 5.74) is 4.33. The molecule has 0 spiro atoms. The van der Waals surface area contributed by atoms with Crippen LogP contribution in [0.25, 0.3) is 0 Å². The summed E-state index contributed by atoms with van der Waals surface area (Å²) in [6.45, 7) is 3.78. The fourth-order valence-corrected chi connectivity index (χ4v) is 4.17. The van der Waals surface area contributed by atoms with Gasteiger partial charge in [0.2, 0.25) is 10.0 Å². The molecule has 1 N–H and O–H groups in total. The highest BCUT2D eigenvalue weighted by Crippen LogP contribution is 2.27. The van der Waals surface area contributed by atoms with E-state index in [-0.39, 0.29) is 14.9 Å². The van der Waals surface area contributed by atoms with E-state index in [0.29, 0.717) is 5.92 Å². The maximum absolute atomic E-state index is 12.6. The molecule has 2 aromatic rings.